The molecule has 0 bridgehead atoms. The number of hydrogen-bond donors (Lipinski definition) is 1. The zero-order valence-corrected chi connectivity index (χ0v) is 13.0. The molecule has 6 heteroatoms. The Morgan fingerprint density at radius 1 is 1.20 bits per heavy atom. The fourth-order valence-electron chi connectivity index (χ4n) is 2.09. The van der Waals surface area contributed by atoms with Crippen LogP contribution < -0.4 is 5.46 Å². The minimum atomic E-state index is -0.995. The van der Waals surface area contributed by atoms with E-state index in [1.807, 2.05) is 27.7 Å². The summed E-state index contributed by atoms with van der Waals surface area (Å²) < 4.78 is 11.9. The highest BCUT2D eigenvalue weighted by molar-refractivity contribution is 6.65. The molecule has 0 saturated carbocycles. The van der Waals surface area contributed by atoms with E-state index in [0.29, 0.717) is 16.0 Å². The number of rotatable bonds is 2. The summed E-state index contributed by atoms with van der Waals surface area (Å²) in [6.45, 7) is 9.51. The lowest BCUT2D eigenvalue weighted by Crippen LogP contribution is -2.41. The minimum absolute atomic E-state index is 0.190. The van der Waals surface area contributed by atoms with Crippen molar-refractivity contribution in [1.29, 1.82) is 0 Å². The number of hydrogen-bond acceptors (Lipinski definition) is 3. The molecule has 0 aliphatic carbocycles. The van der Waals surface area contributed by atoms with Crippen molar-refractivity contribution in [3.05, 3.63) is 28.3 Å². The van der Waals surface area contributed by atoms with Gasteiger partial charge in [-0.3, -0.25) is 0 Å². The molecular weight excluding hydrogens is 278 g/mol. The van der Waals surface area contributed by atoms with Crippen molar-refractivity contribution in [3.63, 3.8) is 0 Å². The van der Waals surface area contributed by atoms with E-state index in [1.165, 1.54) is 6.07 Å². The number of aromatic carboxylic acids is 1. The molecule has 1 aromatic rings. The predicted molar refractivity (Wildman–Crippen MR) is 78.9 cm³/mol. The predicted octanol–water partition coefficient (Wildman–Crippen LogP) is 2.65. The minimum Gasteiger partial charge on any atom is -0.478 e. The lowest BCUT2D eigenvalue weighted by molar-refractivity contribution is 0.00578. The summed E-state index contributed by atoms with van der Waals surface area (Å²) in [7, 11) is -0.589. The molecule has 0 amide bonds. The first-order valence-electron chi connectivity index (χ1n) is 6.45. The number of halogens is 1. The molecule has 4 nitrogen and oxygen atoms in total. The standard InChI is InChI=1S/C14H18BClO4/c1-8-9(12(17)18)6-7-10(11(8)16)15-19-13(2,3)14(4,5)20-15/h6-7H,1-5H3,(H,17,18). The van der Waals surface area contributed by atoms with Gasteiger partial charge in [-0.15, -0.1) is 0 Å². The topological polar surface area (TPSA) is 55.8 Å². The highest BCUT2D eigenvalue weighted by Gasteiger charge is 2.52. The van der Waals surface area contributed by atoms with Crippen molar-refractivity contribution in [2.24, 2.45) is 0 Å². The van der Waals surface area contributed by atoms with Crippen LogP contribution in [0.4, 0.5) is 0 Å². The summed E-state index contributed by atoms with van der Waals surface area (Å²) in [5, 5.41) is 9.47. The second kappa shape index (κ2) is 4.76. The van der Waals surface area contributed by atoms with E-state index >= 15 is 0 Å². The van der Waals surface area contributed by atoms with Gasteiger partial charge < -0.3 is 14.4 Å². The number of carboxylic acid groups (broad SMARTS) is 1. The van der Waals surface area contributed by atoms with Gasteiger partial charge in [0.15, 0.2) is 0 Å². The first kappa shape index (κ1) is 15.4. The maximum atomic E-state index is 11.1. The molecule has 1 fully saturated rings. The smallest absolute Gasteiger partial charge is 0.478 e. The SMILES string of the molecule is Cc1c(C(=O)O)ccc(B2OC(C)(C)C(C)(C)O2)c1Cl. The van der Waals surface area contributed by atoms with Crippen LogP contribution in [0.15, 0.2) is 12.1 Å². The van der Waals surface area contributed by atoms with E-state index < -0.39 is 24.3 Å². The number of carboxylic acids is 1. The molecule has 2 rings (SSSR count). The molecule has 1 aliphatic heterocycles. The summed E-state index contributed by atoms with van der Waals surface area (Å²) in [5.41, 5.74) is 0.454. The van der Waals surface area contributed by atoms with Crippen LogP contribution >= 0.6 is 11.6 Å². The second-order valence-electron chi connectivity index (χ2n) is 6.03. The first-order chi connectivity index (χ1) is 9.07. The molecule has 20 heavy (non-hydrogen) atoms. The van der Waals surface area contributed by atoms with Gasteiger partial charge in [-0.2, -0.15) is 0 Å². The molecule has 0 unspecified atom stereocenters. The van der Waals surface area contributed by atoms with E-state index in [0.717, 1.165) is 0 Å². The van der Waals surface area contributed by atoms with Crippen molar-refractivity contribution < 1.29 is 19.2 Å². The van der Waals surface area contributed by atoms with Gasteiger partial charge in [-0.25, -0.2) is 4.79 Å². The Hall–Kier alpha value is -1.04. The van der Waals surface area contributed by atoms with Gasteiger partial charge in [0.2, 0.25) is 0 Å². The summed E-state index contributed by atoms with van der Waals surface area (Å²) in [6.07, 6.45) is 0. The van der Waals surface area contributed by atoms with Crippen LogP contribution in [0, 0.1) is 6.92 Å². The van der Waals surface area contributed by atoms with E-state index in [1.54, 1.807) is 13.0 Å². The van der Waals surface area contributed by atoms with Gasteiger partial charge in [-0.1, -0.05) is 17.7 Å². The van der Waals surface area contributed by atoms with Gasteiger partial charge >= 0.3 is 13.1 Å². The molecule has 0 aromatic heterocycles. The lowest BCUT2D eigenvalue weighted by Gasteiger charge is -2.32. The maximum absolute atomic E-state index is 11.1. The van der Waals surface area contributed by atoms with Crippen molar-refractivity contribution >= 4 is 30.2 Å². The summed E-state index contributed by atoms with van der Waals surface area (Å²) in [5.74, 6) is -0.995. The van der Waals surface area contributed by atoms with Crippen molar-refractivity contribution in [3.8, 4) is 0 Å². The van der Waals surface area contributed by atoms with Crippen molar-refractivity contribution in [1.82, 2.24) is 0 Å². The molecule has 1 aromatic carbocycles. The van der Waals surface area contributed by atoms with Crippen molar-refractivity contribution in [2.45, 2.75) is 45.8 Å². The molecule has 0 radical (unpaired) electrons. The van der Waals surface area contributed by atoms with E-state index in [4.69, 9.17) is 26.0 Å². The summed E-state index contributed by atoms with van der Waals surface area (Å²) in [4.78, 5) is 11.1. The Labute approximate surface area is 124 Å². The Bertz CT molecular complexity index is 553. The largest absolute Gasteiger partial charge is 0.496 e. The maximum Gasteiger partial charge on any atom is 0.496 e. The van der Waals surface area contributed by atoms with Crippen LogP contribution in [0.2, 0.25) is 5.02 Å². The normalized spacial score (nSPS) is 20.2. The molecule has 0 spiro atoms. The fraction of sp³-hybridized carbons (Fsp3) is 0.500. The molecule has 1 heterocycles. The molecule has 108 valence electrons. The highest BCUT2D eigenvalue weighted by Crippen LogP contribution is 2.37. The average Bonchev–Trinajstić information content (AvgIpc) is 2.51. The molecule has 0 atom stereocenters. The fourth-order valence-corrected chi connectivity index (χ4v) is 2.34. The van der Waals surface area contributed by atoms with E-state index in [9.17, 15) is 4.79 Å². The Morgan fingerprint density at radius 3 is 2.15 bits per heavy atom. The first-order valence-corrected chi connectivity index (χ1v) is 6.82. The van der Waals surface area contributed by atoms with Gasteiger partial charge in [-0.05, 0) is 46.2 Å². The van der Waals surface area contributed by atoms with Crippen molar-refractivity contribution in [2.75, 3.05) is 0 Å². The van der Waals surface area contributed by atoms with Crippen LogP contribution in [-0.2, 0) is 9.31 Å². The Balaban J connectivity index is 2.42. The number of benzene rings is 1. The van der Waals surface area contributed by atoms with Crippen LogP contribution in [0.3, 0.4) is 0 Å². The third kappa shape index (κ3) is 2.34. The lowest BCUT2D eigenvalue weighted by atomic mass is 9.77. The summed E-state index contributed by atoms with van der Waals surface area (Å²) >= 11 is 6.29. The van der Waals surface area contributed by atoms with E-state index in [2.05, 4.69) is 0 Å². The van der Waals surface area contributed by atoms with Crippen LogP contribution in [-0.4, -0.2) is 29.4 Å². The third-order valence-electron chi connectivity index (χ3n) is 4.15. The zero-order valence-electron chi connectivity index (χ0n) is 12.3. The highest BCUT2D eigenvalue weighted by atomic mass is 35.5. The Morgan fingerprint density at radius 2 is 1.70 bits per heavy atom. The molecular formula is C14H18BClO4. The van der Waals surface area contributed by atoms with Crippen LogP contribution in [0.5, 0.6) is 0 Å². The van der Waals surface area contributed by atoms with Crippen LogP contribution in [0.1, 0.15) is 43.6 Å². The van der Waals surface area contributed by atoms with Gasteiger partial charge in [0.25, 0.3) is 0 Å². The molecule has 1 saturated heterocycles. The van der Waals surface area contributed by atoms with E-state index in [-0.39, 0.29) is 5.56 Å². The molecule has 1 N–H and O–H groups in total. The second-order valence-corrected chi connectivity index (χ2v) is 6.41. The van der Waals surface area contributed by atoms with Gasteiger partial charge in [0.1, 0.15) is 0 Å². The monoisotopic (exact) mass is 296 g/mol. The average molecular weight is 297 g/mol. The van der Waals surface area contributed by atoms with Crippen LogP contribution in [0.25, 0.3) is 0 Å². The molecule has 1 aliphatic rings. The Kier molecular flexibility index (Phi) is 3.65. The van der Waals surface area contributed by atoms with Gasteiger partial charge in [0, 0.05) is 10.5 Å². The third-order valence-corrected chi connectivity index (χ3v) is 4.66. The quantitative estimate of drug-likeness (QED) is 0.853. The number of carbonyl (C=O) groups is 1. The summed E-state index contributed by atoms with van der Waals surface area (Å²) in [6, 6.07) is 3.19. The zero-order chi connectivity index (χ0) is 15.3. The van der Waals surface area contributed by atoms with Gasteiger partial charge in [0.05, 0.1) is 16.8 Å².